The van der Waals surface area contributed by atoms with E-state index in [1.165, 1.54) is 11.3 Å². The summed E-state index contributed by atoms with van der Waals surface area (Å²) in [6.45, 7) is 1.91. The Kier molecular flexibility index (Phi) is 3.36. The Labute approximate surface area is 122 Å². The van der Waals surface area contributed by atoms with Gasteiger partial charge in [0.2, 0.25) is 10.0 Å². The van der Waals surface area contributed by atoms with Gasteiger partial charge < -0.3 is 5.11 Å². The first-order valence-corrected chi connectivity index (χ1v) is 8.91. The maximum Gasteiger partial charge on any atom is 0.242 e. The highest BCUT2D eigenvalue weighted by Gasteiger charge is 2.36. The molecule has 0 atom stereocenters. The van der Waals surface area contributed by atoms with E-state index in [0.29, 0.717) is 17.7 Å². The molecule has 0 spiro atoms. The minimum atomic E-state index is -3.58. The highest BCUT2D eigenvalue weighted by molar-refractivity contribution is 7.90. The summed E-state index contributed by atoms with van der Waals surface area (Å²) in [7, 11) is -3.58. The van der Waals surface area contributed by atoms with Crippen LogP contribution in [0.25, 0.3) is 10.1 Å². The highest BCUT2D eigenvalue weighted by Crippen LogP contribution is 2.35. The van der Waals surface area contributed by atoms with Gasteiger partial charge in [0.15, 0.2) is 0 Å². The van der Waals surface area contributed by atoms with E-state index in [1.54, 1.807) is 0 Å². The Bertz CT molecular complexity index is 745. The van der Waals surface area contributed by atoms with Gasteiger partial charge in [-0.25, -0.2) is 13.1 Å². The lowest BCUT2D eigenvalue weighted by Crippen LogP contribution is -2.47. The fraction of sp³-hybridized carbons (Fsp3) is 0.429. The van der Waals surface area contributed by atoms with E-state index in [0.717, 1.165) is 21.4 Å². The molecule has 108 valence electrons. The van der Waals surface area contributed by atoms with Crippen molar-refractivity contribution in [2.75, 3.05) is 6.54 Å². The van der Waals surface area contributed by atoms with Crippen LogP contribution < -0.4 is 4.72 Å². The molecule has 0 saturated heterocycles. The van der Waals surface area contributed by atoms with E-state index in [9.17, 15) is 13.5 Å². The Balaban J connectivity index is 1.94. The van der Waals surface area contributed by atoms with Crippen LogP contribution in [0.1, 0.15) is 24.1 Å². The summed E-state index contributed by atoms with van der Waals surface area (Å²) in [6, 6.07) is 7.49. The van der Waals surface area contributed by atoms with Crippen LogP contribution in [0.5, 0.6) is 0 Å². The maximum atomic E-state index is 12.5. The second-order valence-corrected chi connectivity index (χ2v) is 8.35. The van der Waals surface area contributed by atoms with Crippen LogP contribution in [0.2, 0.25) is 0 Å². The second kappa shape index (κ2) is 4.80. The van der Waals surface area contributed by atoms with Gasteiger partial charge in [-0.05, 0) is 32.3 Å². The molecule has 0 amide bonds. The van der Waals surface area contributed by atoms with E-state index in [4.69, 9.17) is 0 Å². The average Bonchev–Trinajstić information content (AvgIpc) is 2.70. The third kappa shape index (κ3) is 2.37. The predicted octanol–water partition coefficient (Wildman–Crippen LogP) is 2.40. The van der Waals surface area contributed by atoms with E-state index < -0.39 is 15.6 Å². The zero-order valence-corrected chi connectivity index (χ0v) is 12.9. The van der Waals surface area contributed by atoms with Gasteiger partial charge in [-0.3, -0.25) is 0 Å². The van der Waals surface area contributed by atoms with Gasteiger partial charge in [0.1, 0.15) is 4.90 Å². The molecule has 2 aromatic rings. The summed E-state index contributed by atoms with van der Waals surface area (Å²) in [5.41, 5.74) is -0.854. The lowest BCUT2D eigenvalue weighted by Gasteiger charge is -2.36. The Morgan fingerprint density at radius 1 is 1.35 bits per heavy atom. The van der Waals surface area contributed by atoms with Crippen LogP contribution in [-0.4, -0.2) is 25.7 Å². The van der Waals surface area contributed by atoms with E-state index in [-0.39, 0.29) is 6.54 Å². The molecule has 1 heterocycles. The van der Waals surface area contributed by atoms with Crippen molar-refractivity contribution in [2.24, 2.45) is 0 Å². The average molecular weight is 311 g/mol. The second-order valence-electron chi connectivity index (χ2n) is 5.39. The minimum Gasteiger partial charge on any atom is -0.389 e. The number of thiophene rings is 1. The molecular weight excluding hydrogens is 294 g/mol. The molecule has 3 rings (SSSR count). The van der Waals surface area contributed by atoms with Crippen molar-refractivity contribution in [3.63, 3.8) is 0 Å². The van der Waals surface area contributed by atoms with E-state index >= 15 is 0 Å². The third-order valence-corrected chi connectivity index (χ3v) is 6.66. The fourth-order valence-electron chi connectivity index (χ4n) is 2.54. The summed E-state index contributed by atoms with van der Waals surface area (Å²) in [5, 5.41) is 10.8. The van der Waals surface area contributed by atoms with Crippen molar-refractivity contribution < 1.29 is 13.5 Å². The van der Waals surface area contributed by atoms with Gasteiger partial charge in [0, 0.05) is 21.5 Å². The van der Waals surface area contributed by atoms with E-state index in [1.807, 2.05) is 31.2 Å². The molecule has 0 bridgehead atoms. The number of sulfonamides is 1. The molecule has 2 N–H and O–H groups in total. The standard InChI is InChI=1S/C14H17NO3S2/c1-10-13(11-5-2-3-6-12(11)19-10)20(17,18)15-9-14(16)7-4-8-14/h2-3,5-6,15-16H,4,7-9H2,1H3. The topological polar surface area (TPSA) is 66.4 Å². The zero-order chi connectivity index (χ0) is 14.4. The Morgan fingerprint density at radius 2 is 2.05 bits per heavy atom. The molecule has 0 radical (unpaired) electrons. The number of benzene rings is 1. The van der Waals surface area contributed by atoms with Crippen molar-refractivity contribution in [3.8, 4) is 0 Å². The Hall–Kier alpha value is -0.950. The highest BCUT2D eigenvalue weighted by atomic mass is 32.2. The van der Waals surface area contributed by atoms with Crippen molar-refractivity contribution in [1.82, 2.24) is 4.72 Å². The number of aryl methyl sites for hydroxylation is 1. The molecule has 1 aromatic heterocycles. The summed E-state index contributed by atoms with van der Waals surface area (Å²) in [4.78, 5) is 1.13. The maximum absolute atomic E-state index is 12.5. The predicted molar refractivity (Wildman–Crippen MR) is 80.6 cm³/mol. The van der Waals surface area contributed by atoms with Gasteiger partial charge in [0.25, 0.3) is 0 Å². The van der Waals surface area contributed by atoms with Gasteiger partial charge in [-0.1, -0.05) is 18.2 Å². The molecule has 6 heteroatoms. The van der Waals surface area contributed by atoms with Gasteiger partial charge in [0.05, 0.1) is 5.60 Å². The van der Waals surface area contributed by atoms with Crippen LogP contribution in [-0.2, 0) is 10.0 Å². The third-order valence-electron chi connectivity index (χ3n) is 3.86. The number of aliphatic hydroxyl groups is 1. The molecule has 0 unspecified atom stereocenters. The van der Waals surface area contributed by atoms with Crippen molar-refractivity contribution >= 4 is 31.4 Å². The molecule has 1 saturated carbocycles. The van der Waals surface area contributed by atoms with Crippen molar-refractivity contribution in [2.45, 2.75) is 36.7 Å². The monoisotopic (exact) mass is 311 g/mol. The molecule has 4 nitrogen and oxygen atoms in total. The minimum absolute atomic E-state index is 0.0962. The quantitative estimate of drug-likeness (QED) is 0.911. The molecule has 1 aliphatic carbocycles. The summed E-state index contributed by atoms with van der Waals surface area (Å²) < 4.78 is 28.5. The van der Waals surface area contributed by atoms with Crippen molar-refractivity contribution in [3.05, 3.63) is 29.1 Å². The largest absolute Gasteiger partial charge is 0.389 e. The molecule has 1 aromatic carbocycles. The van der Waals surface area contributed by atoms with Gasteiger partial charge in [-0.15, -0.1) is 11.3 Å². The molecular formula is C14H17NO3S2. The van der Waals surface area contributed by atoms with Crippen LogP contribution in [0.15, 0.2) is 29.2 Å². The van der Waals surface area contributed by atoms with Crippen LogP contribution >= 0.6 is 11.3 Å². The van der Waals surface area contributed by atoms with Crippen LogP contribution in [0.4, 0.5) is 0 Å². The molecule has 20 heavy (non-hydrogen) atoms. The first-order chi connectivity index (χ1) is 9.41. The number of fused-ring (bicyclic) bond motifs is 1. The first-order valence-electron chi connectivity index (χ1n) is 6.62. The van der Waals surface area contributed by atoms with E-state index in [2.05, 4.69) is 4.72 Å². The fourth-order valence-corrected chi connectivity index (χ4v) is 5.47. The van der Waals surface area contributed by atoms with Crippen molar-refractivity contribution in [1.29, 1.82) is 0 Å². The van der Waals surface area contributed by atoms with Crippen LogP contribution in [0, 0.1) is 6.92 Å². The smallest absolute Gasteiger partial charge is 0.242 e. The summed E-state index contributed by atoms with van der Waals surface area (Å²) in [6.07, 6.45) is 2.29. The zero-order valence-electron chi connectivity index (χ0n) is 11.2. The normalized spacial score (nSPS) is 18.1. The number of rotatable bonds is 4. The van der Waals surface area contributed by atoms with Crippen LogP contribution in [0.3, 0.4) is 0 Å². The first kappa shape index (κ1) is 14.0. The lowest BCUT2D eigenvalue weighted by atomic mass is 9.81. The van der Waals surface area contributed by atoms with Gasteiger partial charge in [-0.2, -0.15) is 0 Å². The number of hydrogen-bond acceptors (Lipinski definition) is 4. The SMILES string of the molecule is Cc1sc2ccccc2c1S(=O)(=O)NCC1(O)CCC1. The molecule has 1 aliphatic rings. The Morgan fingerprint density at radius 3 is 2.70 bits per heavy atom. The van der Waals surface area contributed by atoms with Gasteiger partial charge >= 0.3 is 0 Å². The number of hydrogen-bond donors (Lipinski definition) is 2. The summed E-state index contributed by atoms with van der Waals surface area (Å²) in [5.74, 6) is 0. The number of nitrogens with one attached hydrogen (secondary N) is 1. The molecule has 1 fully saturated rings. The lowest BCUT2D eigenvalue weighted by molar-refractivity contribution is -0.0270. The molecule has 0 aliphatic heterocycles. The summed E-state index contributed by atoms with van der Waals surface area (Å²) >= 11 is 1.48.